The molecule has 0 bridgehead atoms. The molecule has 0 radical (unpaired) electrons. The molecule has 148 valence electrons. The summed E-state index contributed by atoms with van der Waals surface area (Å²) in [5.41, 5.74) is 3.85. The van der Waals surface area contributed by atoms with E-state index < -0.39 is 0 Å². The van der Waals surface area contributed by atoms with E-state index in [9.17, 15) is 4.79 Å². The van der Waals surface area contributed by atoms with Gasteiger partial charge in [-0.1, -0.05) is 30.3 Å². The number of hydrogen-bond donors (Lipinski definition) is 0. The van der Waals surface area contributed by atoms with Crippen LogP contribution in [0.4, 0.5) is 0 Å². The molecule has 5 heteroatoms. The highest BCUT2D eigenvalue weighted by Crippen LogP contribution is 2.46. The predicted molar refractivity (Wildman–Crippen MR) is 111 cm³/mol. The van der Waals surface area contributed by atoms with Crippen molar-refractivity contribution >= 4 is 5.91 Å². The number of likely N-dealkylation sites (tertiary alicyclic amines) is 2. The summed E-state index contributed by atoms with van der Waals surface area (Å²) in [6, 6.07) is 12.9. The zero-order chi connectivity index (χ0) is 19.7. The lowest BCUT2D eigenvalue weighted by Crippen LogP contribution is -2.40. The molecule has 1 aromatic heterocycles. The third-order valence-electron chi connectivity index (χ3n) is 6.15. The minimum Gasteiger partial charge on any atom is -0.334 e. The standard InChI is InChI=1S/C23H30N4O/c1-17-7-4-5-9-20(17)23-21-15-26(12-18-8-6-10-24-11-18)13-19(21)14-27(23)22(28)16-25(2)3/h4-11,19,21,23H,12-16H2,1-3H3/t19-,21-,23+/m1/s1. The Bertz CT molecular complexity index is 822. The van der Waals surface area contributed by atoms with E-state index in [2.05, 4.69) is 52.0 Å². The normalized spacial score (nSPS) is 24.7. The van der Waals surface area contributed by atoms with Crippen LogP contribution in [0.5, 0.6) is 0 Å². The highest BCUT2D eigenvalue weighted by Gasteiger charge is 2.49. The molecular weight excluding hydrogens is 348 g/mol. The zero-order valence-corrected chi connectivity index (χ0v) is 17.1. The molecule has 1 aromatic carbocycles. The van der Waals surface area contributed by atoms with Gasteiger partial charge in [0.05, 0.1) is 12.6 Å². The molecule has 2 aliphatic heterocycles. The quantitative estimate of drug-likeness (QED) is 0.802. The Kier molecular flexibility index (Phi) is 5.47. The van der Waals surface area contributed by atoms with Crippen molar-refractivity contribution in [2.75, 3.05) is 40.3 Å². The van der Waals surface area contributed by atoms with Gasteiger partial charge >= 0.3 is 0 Å². The summed E-state index contributed by atoms with van der Waals surface area (Å²) < 4.78 is 0. The molecule has 4 rings (SSSR count). The summed E-state index contributed by atoms with van der Waals surface area (Å²) in [5, 5.41) is 0. The van der Waals surface area contributed by atoms with Crippen molar-refractivity contribution in [1.29, 1.82) is 0 Å². The van der Waals surface area contributed by atoms with Crippen molar-refractivity contribution in [3.63, 3.8) is 0 Å². The first kappa shape index (κ1) is 19.1. The van der Waals surface area contributed by atoms with Gasteiger partial charge in [-0.05, 0) is 49.7 Å². The van der Waals surface area contributed by atoms with Crippen LogP contribution in [0.1, 0.15) is 22.7 Å². The first-order valence-corrected chi connectivity index (χ1v) is 10.1. The van der Waals surface area contributed by atoms with E-state index in [0.717, 1.165) is 26.2 Å². The number of fused-ring (bicyclic) bond motifs is 1. The number of nitrogens with zero attached hydrogens (tertiary/aromatic N) is 4. The van der Waals surface area contributed by atoms with Crippen molar-refractivity contribution in [1.82, 2.24) is 19.7 Å². The van der Waals surface area contributed by atoms with Gasteiger partial charge in [0.15, 0.2) is 0 Å². The van der Waals surface area contributed by atoms with Crippen molar-refractivity contribution in [3.05, 3.63) is 65.5 Å². The van der Waals surface area contributed by atoms with Crippen molar-refractivity contribution in [3.8, 4) is 0 Å². The van der Waals surface area contributed by atoms with Crippen molar-refractivity contribution < 1.29 is 4.79 Å². The number of likely N-dealkylation sites (N-methyl/N-ethyl adjacent to an activating group) is 1. The number of aromatic nitrogens is 1. The highest BCUT2D eigenvalue weighted by atomic mass is 16.2. The largest absolute Gasteiger partial charge is 0.334 e. The lowest BCUT2D eigenvalue weighted by Gasteiger charge is -2.31. The molecule has 0 spiro atoms. The Morgan fingerprint density at radius 3 is 2.68 bits per heavy atom. The number of benzene rings is 1. The van der Waals surface area contributed by atoms with E-state index in [1.807, 2.05) is 37.5 Å². The highest BCUT2D eigenvalue weighted by molar-refractivity contribution is 5.79. The van der Waals surface area contributed by atoms with Gasteiger partial charge in [-0.2, -0.15) is 0 Å². The molecule has 0 N–H and O–H groups in total. The smallest absolute Gasteiger partial charge is 0.237 e. The molecule has 2 saturated heterocycles. The molecule has 1 amide bonds. The van der Waals surface area contributed by atoms with Gasteiger partial charge < -0.3 is 9.80 Å². The van der Waals surface area contributed by atoms with Gasteiger partial charge in [0.1, 0.15) is 0 Å². The number of pyridine rings is 1. The Morgan fingerprint density at radius 2 is 1.96 bits per heavy atom. The first-order chi connectivity index (χ1) is 13.5. The Morgan fingerprint density at radius 1 is 1.14 bits per heavy atom. The van der Waals surface area contributed by atoms with E-state index in [1.54, 1.807) is 0 Å². The van der Waals surface area contributed by atoms with Gasteiger partial charge in [0.2, 0.25) is 5.91 Å². The number of rotatable bonds is 5. The van der Waals surface area contributed by atoms with Crippen LogP contribution in [-0.4, -0.2) is 65.9 Å². The third-order valence-corrected chi connectivity index (χ3v) is 6.15. The zero-order valence-electron chi connectivity index (χ0n) is 17.1. The van der Waals surface area contributed by atoms with Gasteiger partial charge in [-0.15, -0.1) is 0 Å². The van der Waals surface area contributed by atoms with Crippen molar-refractivity contribution in [2.24, 2.45) is 11.8 Å². The summed E-state index contributed by atoms with van der Waals surface area (Å²) in [5.74, 6) is 1.27. The average molecular weight is 379 g/mol. The number of aryl methyl sites for hydroxylation is 1. The molecule has 3 heterocycles. The van der Waals surface area contributed by atoms with E-state index in [0.29, 0.717) is 18.4 Å². The second-order valence-corrected chi connectivity index (χ2v) is 8.56. The molecule has 2 aromatic rings. The Hall–Kier alpha value is -2.24. The average Bonchev–Trinajstić information content (AvgIpc) is 3.20. The summed E-state index contributed by atoms with van der Waals surface area (Å²) in [6.45, 7) is 6.52. The lowest BCUT2D eigenvalue weighted by atomic mass is 9.87. The van der Waals surface area contributed by atoms with Crippen LogP contribution in [0.2, 0.25) is 0 Å². The molecule has 28 heavy (non-hydrogen) atoms. The monoisotopic (exact) mass is 378 g/mol. The SMILES string of the molecule is Cc1ccccc1[C@H]1[C@@H]2CN(Cc3cccnc3)C[C@@H]2CN1C(=O)CN(C)C. The second-order valence-electron chi connectivity index (χ2n) is 8.56. The molecule has 0 aliphatic carbocycles. The topological polar surface area (TPSA) is 39.7 Å². The van der Waals surface area contributed by atoms with Crippen LogP contribution in [0.3, 0.4) is 0 Å². The van der Waals surface area contributed by atoms with Crippen LogP contribution < -0.4 is 0 Å². The number of carbonyl (C=O) groups is 1. The van der Waals surface area contributed by atoms with Gasteiger partial charge in [0.25, 0.3) is 0 Å². The van der Waals surface area contributed by atoms with Crippen LogP contribution in [0.25, 0.3) is 0 Å². The predicted octanol–water partition coefficient (Wildman–Crippen LogP) is 2.58. The fourth-order valence-electron chi connectivity index (χ4n) is 4.95. The van der Waals surface area contributed by atoms with Gasteiger partial charge in [0, 0.05) is 44.5 Å². The molecule has 0 saturated carbocycles. The maximum Gasteiger partial charge on any atom is 0.237 e. The van der Waals surface area contributed by atoms with E-state index in [4.69, 9.17) is 0 Å². The third kappa shape index (κ3) is 3.82. The maximum atomic E-state index is 13.0. The Labute approximate surface area is 168 Å². The number of carbonyl (C=O) groups excluding carboxylic acids is 1. The van der Waals surface area contributed by atoms with Crippen molar-refractivity contribution in [2.45, 2.75) is 19.5 Å². The molecule has 5 nitrogen and oxygen atoms in total. The fourth-order valence-corrected chi connectivity index (χ4v) is 4.95. The van der Waals surface area contributed by atoms with Gasteiger partial charge in [-0.25, -0.2) is 0 Å². The minimum atomic E-state index is 0.178. The molecule has 0 unspecified atom stereocenters. The summed E-state index contributed by atoms with van der Waals surface area (Å²) >= 11 is 0. The number of amides is 1. The molecular formula is C23H30N4O. The summed E-state index contributed by atoms with van der Waals surface area (Å²) in [7, 11) is 3.93. The number of hydrogen-bond acceptors (Lipinski definition) is 4. The first-order valence-electron chi connectivity index (χ1n) is 10.1. The van der Waals surface area contributed by atoms with Crippen LogP contribution in [0, 0.1) is 18.8 Å². The van der Waals surface area contributed by atoms with Crippen LogP contribution in [0.15, 0.2) is 48.8 Å². The Balaban J connectivity index is 1.57. The second kappa shape index (κ2) is 8.02. The lowest BCUT2D eigenvalue weighted by molar-refractivity contribution is -0.133. The van der Waals surface area contributed by atoms with E-state index >= 15 is 0 Å². The molecule has 3 atom stereocenters. The van der Waals surface area contributed by atoms with Gasteiger partial charge in [-0.3, -0.25) is 14.7 Å². The molecule has 2 aliphatic rings. The van der Waals surface area contributed by atoms with E-state index in [1.165, 1.54) is 16.7 Å². The maximum absolute atomic E-state index is 13.0. The summed E-state index contributed by atoms with van der Waals surface area (Å²) in [4.78, 5) is 23.9. The minimum absolute atomic E-state index is 0.178. The fraction of sp³-hybridized carbons (Fsp3) is 0.478. The van der Waals surface area contributed by atoms with E-state index in [-0.39, 0.29) is 11.9 Å². The van der Waals surface area contributed by atoms with Crippen LogP contribution in [-0.2, 0) is 11.3 Å². The molecule has 2 fully saturated rings. The van der Waals surface area contributed by atoms with Crippen LogP contribution >= 0.6 is 0 Å². The summed E-state index contributed by atoms with van der Waals surface area (Å²) in [6.07, 6.45) is 3.78.